The second-order valence-electron chi connectivity index (χ2n) is 11.6. The molecule has 0 bridgehead atoms. The number of rotatable bonds is 8. The monoisotopic (exact) mass is 669 g/mol. The van der Waals surface area contributed by atoms with E-state index < -0.39 is 28.3 Å². The average Bonchev–Trinajstić information content (AvgIpc) is 3.72. The Morgan fingerprint density at radius 1 is 1.07 bits per heavy atom. The number of nitrogens with zero attached hydrogens (tertiary/aromatic N) is 6. The molecule has 0 radical (unpaired) electrons. The number of imidazole rings is 1. The molecule has 0 saturated carbocycles. The Morgan fingerprint density at radius 2 is 1.91 bits per heavy atom. The van der Waals surface area contributed by atoms with Gasteiger partial charge in [-0.05, 0) is 63.4 Å². The quantitative estimate of drug-likeness (QED) is 0.203. The van der Waals surface area contributed by atoms with Crippen molar-refractivity contribution in [3.8, 4) is 10.6 Å². The first-order valence-corrected chi connectivity index (χ1v) is 17.8. The number of nitrogens with one attached hydrogen (secondary N) is 1. The van der Waals surface area contributed by atoms with Crippen molar-refractivity contribution in [2.75, 3.05) is 24.8 Å². The molecule has 2 aliphatic heterocycles. The largest absolute Gasteiger partial charge is 0.373 e. The first kappa shape index (κ1) is 30.8. The van der Waals surface area contributed by atoms with Crippen LogP contribution in [0.25, 0.3) is 21.7 Å². The molecule has 6 heterocycles. The highest BCUT2D eigenvalue weighted by molar-refractivity contribution is 7.90. The number of anilines is 2. The number of hydrogen-bond donors (Lipinski definition) is 1. The highest BCUT2D eigenvalue weighted by Crippen LogP contribution is 2.38. The predicted molar refractivity (Wildman–Crippen MR) is 169 cm³/mol. The van der Waals surface area contributed by atoms with Crippen LogP contribution in [0.2, 0.25) is 0 Å². The van der Waals surface area contributed by atoms with E-state index in [-0.39, 0.29) is 21.7 Å². The molecule has 46 heavy (non-hydrogen) atoms. The van der Waals surface area contributed by atoms with Crippen LogP contribution >= 0.6 is 11.3 Å². The highest BCUT2D eigenvalue weighted by atomic mass is 32.2. The van der Waals surface area contributed by atoms with Crippen LogP contribution < -0.4 is 5.32 Å². The standard InChI is InChI=1S/C31H33F2N7O4S2/c1-17-18(2)45-31(34-17)19-7-8-23(25(12-19)46(3,41)42)36-24-15-20(13-21-14-22-16-43-11-9-39(22)38-21)35-29-27(24)37-30(28(32)33)40(29)26-6-4-5-10-44-26/h7-8,12,14-15,26,28H,4-6,9-11,13,16H2,1-3H3,(H,35,36). The van der Waals surface area contributed by atoms with E-state index >= 15 is 0 Å². The van der Waals surface area contributed by atoms with Crippen molar-refractivity contribution in [2.24, 2.45) is 0 Å². The van der Waals surface area contributed by atoms with Gasteiger partial charge in [-0.15, -0.1) is 11.3 Å². The molecule has 0 aliphatic carbocycles. The molecule has 11 nitrogen and oxygen atoms in total. The number of pyridine rings is 1. The van der Waals surface area contributed by atoms with Crippen molar-refractivity contribution in [1.82, 2.24) is 29.3 Å². The Morgan fingerprint density at radius 3 is 2.61 bits per heavy atom. The van der Waals surface area contributed by atoms with Gasteiger partial charge in [-0.3, -0.25) is 9.25 Å². The second-order valence-corrected chi connectivity index (χ2v) is 14.8. The lowest BCUT2D eigenvalue weighted by Gasteiger charge is -2.25. The molecule has 7 rings (SSSR count). The third-order valence-electron chi connectivity index (χ3n) is 8.27. The summed E-state index contributed by atoms with van der Waals surface area (Å²) in [6.45, 7) is 6.00. The Bertz CT molecular complexity index is 2010. The summed E-state index contributed by atoms with van der Waals surface area (Å²) in [6, 6.07) is 8.73. The van der Waals surface area contributed by atoms with E-state index in [1.165, 1.54) is 15.9 Å². The maximum Gasteiger partial charge on any atom is 0.295 e. The van der Waals surface area contributed by atoms with Crippen LogP contribution in [0, 0.1) is 13.8 Å². The van der Waals surface area contributed by atoms with Crippen molar-refractivity contribution in [1.29, 1.82) is 0 Å². The molecule has 15 heteroatoms. The first-order valence-electron chi connectivity index (χ1n) is 15.1. The number of sulfone groups is 1. The molecule has 2 aliphatic rings. The number of aryl methyl sites for hydroxylation is 2. The van der Waals surface area contributed by atoms with E-state index in [0.717, 1.165) is 41.1 Å². The SMILES string of the molecule is Cc1nc(-c2ccc(Nc3cc(Cc4cc5n(n4)CCOC5)nc4c3nc(C(F)F)n4C3CCCCO3)c(S(C)(=O)=O)c2)sc1C. The van der Waals surface area contributed by atoms with Gasteiger partial charge in [-0.25, -0.2) is 32.2 Å². The molecule has 1 N–H and O–H groups in total. The van der Waals surface area contributed by atoms with Crippen molar-refractivity contribution in [2.45, 2.75) is 70.2 Å². The fourth-order valence-electron chi connectivity index (χ4n) is 5.91. The lowest BCUT2D eigenvalue weighted by atomic mass is 10.1. The molecule has 0 amide bonds. The van der Waals surface area contributed by atoms with Gasteiger partial charge in [0.1, 0.15) is 16.8 Å². The van der Waals surface area contributed by atoms with Crippen molar-refractivity contribution < 1.29 is 26.7 Å². The summed E-state index contributed by atoms with van der Waals surface area (Å²) in [7, 11) is -3.73. The van der Waals surface area contributed by atoms with Crippen LogP contribution in [-0.4, -0.2) is 57.2 Å². The third-order valence-corrected chi connectivity index (χ3v) is 10.5. The summed E-state index contributed by atoms with van der Waals surface area (Å²) in [5.41, 5.74) is 4.87. The topological polar surface area (TPSA) is 126 Å². The Balaban J connectivity index is 1.37. The van der Waals surface area contributed by atoms with Crippen LogP contribution in [0.5, 0.6) is 0 Å². The number of hydrogen-bond acceptors (Lipinski definition) is 10. The van der Waals surface area contributed by atoms with Crippen LogP contribution in [-0.2, 0) is 38.9 Å². The minimum absolute atomic E-state index is 0.0490. The number of halogens is 2. The molecule has 1 unspecified atom stereocenters. The Kier molecular flexibility index (Phi) is 8.11. The van der Waals surface area contributed by atoms with E-state index in [2.05, 4.69) is 15.3 Å². The van der Waals surface area contributed by atoms with E-state index in [1.807, 2.05) is 24.6 Å². The smallest absolute Gasteiger partial charge is 0.295 e. The molecular weight excluding hydrogens is 637 g/mol. The number of benzene rings is 1. The second kappa shape index (κ2) is 12.1. The number of fused-ring (bicyclic) bond motifs is 2. The van der Waals surface area contributed by atoms with E-state index in [0.29, 0.717) is 61.2 Å². The minimum Gasteiger partial charge on any atom is -0.373 e. The fourth-order valence-corrected chi connectivity index (χ4v) is 7.68. The molecule has 1 atom stereocenters. The van der Waals surface area contributed by atoms with Gasteiger partial charge in [-0.1, -0.05) is 0 Å². The van der Waals surface area contributed by atoms with Gasteiger partial charge >= 0.3 is 0 Å². The molecule has 1 fully saturated rings. The third kappa shape index (κ3) is 5.92. The number of aromatic nitrogens is 6. The van der Waals surface area contributed by atoms with Crippen molar-refractivity contribution in [3.05, 3.63) is 63.8 Å². The van der Waals surface area contributed by atoms with Gasteiger partial charge in [0.05, 0.1) is 58.8 Å². The fraction of sp³-hybridized carbons (Fsp3) is 0.419. The number of thiazole rings is 1. The zero-order valence-corrected chi connectivity index (χ0v) is 27.2. The first-order chi connectivity index (χ1) is 22.0. The summed E-state index contributed by atoms with van der Waals surface area (Å²) in [5, 5.41) is 8.64. The minimum atomic E-state index is -3.73. The van der Waals surface area contributed by atoms with Crippen LogP contribution in [0.4, 0.5) is 20.2 Å². The zero-order chi connectivity index (χ0) is 32.2. The molecule has 1 saturated heterocycles. The maximum absolute atomic E-state index is 14.5. The zero-order valence-electron chi connectivity index (χ0n) is 25.6. The lowest BCUT2D eigenvalue weighted by molar-refractivity contribution is -0.0363. The summed E-state index contributed by atoms with van der Waals surface area (Å²) in [4.78, 5) is 14.9. The average molecular weight is 670 g/mol. The van der Waals surface area contributed by atoms with E-state index in [1.54, 1.807) is 24.3 Å². The maximum atomic E-state index is 14.5. The summed E-state index contributed by atoms with van der Waals surface area (Å²) in [6.07, 6.45) is 0.130. The number of ether oxygens (including phenoxy) is 2. The van der Waals surface area contributed by atoms with Gasteiger partial charge in [0.2, 0.25) is 0 Å². The summed E-state index contributed by atoms with van der Waals surface area (Å²) >= 11 is 1.49. The summed E-state index contributed by atoms with van der Waals surface area (Å²) < 4.78 is 70.0. The van der Waals surface area contributed by atoms with Gasteiger partial charge in [0.25, 0.3) is 6.43 Å². The van der Waals surface area contributed by atoms with E-state index in [9.17, 15) is 17.2 Å². The molecule has 5 aromatic rings. The van der Waals surface area contributed by atoms with Crippen LogP contribution in [0.15, 0.2) is 35.2 Å². The van der Waals surface area contributed by atoms with Crippen LogP contribution in [0.1, 0.15) is 65.4 Å². The summed E-state index contributed by atoms with van der Waals surface area (Å²) in [5.74, 6) is -0.447. The van der Waals surface area contributed by atoms with Crippen LogP contribution in [0.3, 0.4) is 0 Å². The van der Waals surface area contributed by atoms with Gasteiger partial charge < -0.3 is 14.8 Å². The predicted octanol–water partition coefficient (Wildman–Crippen LogP) is 6.27. The lowest BCUT2D eigenvalue weighted by Crippen LogP contribution is -2.20. The molecular formula is C31H33F2N7O4S2. The highest BCUT2D eigenvalue weighted by Gasteiger charge is 2.29. The normalized spacial score (nSPS) is 17.1. The van der Waals surface area contributed by atoms with Crippen molar-refractivity contribution >= 4 is 43.7 Å². The molecule has 0 spiro atoms. The van der Waals surface area contributed by atoms with Gasteiger partial charge in [0.15, 0.2) is 21.3 Å². The van der Waals surface area contributed by atoms with Gasteiger partial charge in [0, 0.05) is 29.7 Å². The number of alkyl halides is 2. The molecule has 4 aromatic heterocycles. The Labute approximate surface area is 268 Å². The van der Waals surface area contributed by atoms with Crippen molar-refractivity contribution in [3.63, 3.8) is 0 Å². The molecule has 242 valence electrons. The van der Waals surface area contributed by atoms with Gasteiger partial charge in [-0.2, -0.15) is 5.10 Å². The Hall–Kier alpha value is -3.79. The van der Waals surface area contributed by atoms with E-state index in [4.69, 9.17) is 19.6 Å². The molecule has 1 aromatic carbocycles.